The summed E-state index contributed by atoms with van der Waals surface area (Å²) in [4.78, 5) is 24.6. The first-order chi connectivity index (χ1) is 12.3. The molecule has 0 saturated carbocycles. The summed E-state index contributed by atoms with van der Waals surface area (Å²) in [5.74, 6) is 1.28. The largest absolute Gasteiger partial charge is 0.368 e. The predicted molar refractivity (Wildman–Crippen MR) is 96.8 cm³/mol. The third kappa shape index (κ3) is 5.00. The van der Waals surface area contributed by atoms with E-state index in [1.807, 2.05) is 30.3 Å². The van der Waals surface area contributed by atoms with E-state index >= 15 is 0 Å². The Morgan fingerprint density at radius 2 is 1.84 bits per heavy atom. The fourth-order valence-corrected chi connectivity index (χ4v) is 2.19. The van der Waals surface area contributed by atoms with Crippen molar-refractivity contribution < 1.29 is 4.79 Å². The Morgan fingerprint density at radius 3 is 2.64 bits per heavy atom. The van der Waals surface area contributed by atoms with Crippen LogP contribution in [0.15, 0.2) is 67.3 Å². The zero-order chi connectivity index (χ0) is 17.3. The SMILES string of the molecule is O=C(NCCNc1ccccn1)c1cccc(Nc2cnccn2)c1. The van der Waals surface area contributed by atoms with Gasteiger partial charge in [0, 0.05) is 42.9 Å². The molecule has 25 heavy (non-hydrogen) atoms. The molecule has 7 heteroatoms. The van der Waals surface area contributed by atoms with Crippen LogP contribution < -0.4 is 16.0 Å². The molecule has 0 fully saturated rings. The molecule has 0 saturated heterocycles. The zero-order valence-corrected chi connectivity index (χ0v) is 13.5. The Bertz CT molecular complexity index is 810. The molecular formula is C18H18N6O. The molecule has 3 N–H and O–H groups in total. The molecule has 2 heterocycles. The molecule has 2 aromatic heterocycles. The van der Waals surface area contributed by atoms with E-state index in [2.05, 4.69) is 30.9 Å². The number of amides is 1. The molecule has 1 amide bonds. The van der Waals surface area contributed by atoms with Crippen LogP contribution in [0.4, 0.5) is 17.3 Å². The van der Waals surface area contributed by atoms with Crippen molar-refractivity contribution in [3.05, 3.63) is 72.8 Å². The van der Waals surface area contributed by atoms with Crippen LogP contribution in [0.1, 0.15) is 10.4 Å². The molecule has 126 valence electrons. The minimum absolute atomic E-state index is 0.134. The van der Waals surface area contributed by atoms with Gasteiger partial charge >= 0.3 is 0 Å². The van der Waals surface area contributed by atoms with Crippen molar-refractivity contribution in [2.45, 2.75) is 0 Å². The number of rotatable bonds is 7. The Morgan fingerprint density at radius 1 is 0.920 bits per heavy atom. The first-order valence-electron chi connectivity index (χ1n) is 7.87. The van der Waals surface area contributed by atoms with Crippen LogP contribution in [0.2, 0.25) is 0 Å². The third-order valence-corrected chi connectivity index (χ3v) is 3.34. The van der Waals surface area contributed by atoms with E-state index in [4.69, 9.17) is 0 Å². The Labute approximate surface area is 145 Å². The normalized spacial score (nSPS) is 10.1. The molecule has 0 radical (unpaired) electrons. The quantitative estimate of drug-likeness (QED) is 0.575. The number of pyridine rings is 1. The molecule has 0 unspecified atom stereocenters. The highest BCUT2D eigenvalue weighted by molar-refractivity contribution is 5.95. The Kier molecular flexibility index (Phi) is 5.50. The standard InChI is InChI=1S/C18H18N6O/c25-18(23-11-10-21-16-6-1-2-7-20-16)14-4-3-5-15(12-14)24-17-13-19-8-9-22-17/h1-9,12-13H,10-11H2,(H,20,21)(H,22,24)(H,23,25). The second kappa shape index (κ2) is 8.39. The van der Waals surface area contributed by atoms with E-state index in [9.17, 15) is 4.79 Å². The maximum atomic E-state index is 12.3. The first kappa shape index (κ1) is 16.4. The average molecular weight is 334 g/mol. The van der Waals surface area contributed by atoms with Gasteiger partial charge in [-0.25, -0.2) is 9.97 Å². The maximum absolute atomic E-state index is 12.3. The van der Waals surface area contributed by atoms with E-state index in [0.717, 1.165) is 11.5 Å². The molecule has 0 aliphatic rings. The van der Waals surface area contributed by atoms with Gasteiger partial charge in [-0.2, -0.15) is 0 Å². The zero-order valence-electron chi connectivity index (χ0n) is 13.5. The summed E-state index contributed by atoms with van der Waals surface area (Å²) in [5.41, 5.74) is 1.35. The van der Waals surface area contributed by atoms with Crippen LogP contribution in [0, 0.1) is 0 Å². The van der Waals surface area contributed by atoms with Gasteiger partial charge in [0.25, 0.3) is 5.91 Å². The molecule has 3 rings (SSSR count). The van der Waals surface area contributed by atoms with Crippen LogP contribution >= 0.6 is 0 Å². The maximum Gasteiger partial charge on any atom is 0.251 e. The summed E-state index contributed by atoms with van der Waals surface area (Å²) in [7, 11) is 0. The summed E-state index contributed by atoms with van der Waals surface area (Å²) < 4.78 is 0. The lowest BCUT2D eigenvalue weighted by molar-refractivity contribution is 0.0955. The van der Waals surface area contributed by atoms with Crippen LogP contribution in [0.5, 0.6) is 0 Å². The van der Waals surface area contributed by atoms with Crippen LogP contribution in [0.25, 0.3) is 0 Å². The van der Waals surface area contributed by atoms with Gasteiger partial charge < -0.3 is 16.0 Å². The van der Waals surface area contributed by atoms with Crippen molar-refractivity contribution in [1.29, 1.82) is 0 Å². The number of carbonyl (C=O) groups excluding carboxylic acids is 1. The fourth-order valence-electron chi connectivity index (χ4n) is 2.19. The van der Waals surface area contributed by atoms with E-state index in [1.54, 1.807) is 36.9 Å². The molecule has 0 atom stereocenters. The molecule has 3 aromatic rings. The molecule has 0 aliphatic carbocycles. The van der Waals surface area contributed by atoms with Crippen LogP contribution in [-0.2, 0) is 0 Å². The van der Waals surface area contributed by atoms with Crippen molar-refractivity contribution in [2.24, 2.45) is 0 Å². The van der Waals surface area contributed by atoms with Crippen LogP contribution in [0.3, 0.4) is 0 Å². The lowest BCUT2D eigenvalue weighted by Crippen LogP contribution is -2.28. The van der Waals surface area contributed by atoms with E-state index < -0.39 is 0 Å². The third-order valence-electron chi connectivity index (χ3n) is 3.34. The lowest BCUT2D eigenvalue weighted by Gasteiger charge is -2.09. The number of benzene rings is 1. The average Bonchev–Trinajstić information content (AvgIpc) is 2.67. The number of aromatic nitrogens is 3. The first-order valence-corrected chi connectivity index (χ1v) is 7.87. The van der Waals surface area contributed by atoms with Crippen LogP contribution in [-0.4, -0.2) is 33.9 Å². The highest BCUT2D eigenvalue weighted by Gasteiger charge is 2.06. The number of hydrogen-bond acceptors (Lipinski definition) is 6. The molecule has 0 spiro atoms. The molecule has 7 nitrogen and oxygen atoms in total. The van der Waals surface area contributed by atoms with Gasteiger partial charge in [0.15, 0.2) is 0 Å². The summed E-state index contributed by atoms with van der Waals surface area (Å²) in [6.07, 6.45) is 6.55. The van der Waals surface area contributed by atoms with Gasteiger partial charge in [-0.3, -0.25) is 9.78 Å². The van der Waals surface area contributed by atoms with Gasteiger partial charge in [-0.1, -0.05) is 12.1 Å². The number of carbonyl (C=O) groups is 1. The molecule has 1 aromatic carbocycles. The highest BCUT2D eigenvalue weighted by atomic mass is 16.1. The van der Waals surface area contributed by atoms with Gasteiger partial charge in [0.1, 0.15) is 11.6 Å². The number of anilines is 3. The smallest absolute Gasteiger partial charge is 0.251 e. The minimum atomic E-state index is -0.134. The van der Waals surface area contributed by atoms with Gasteiger partial charge in [0.05, 0.1) is 6.20 Å². The lowest BCUT2D eigenvalue weighted by atomic mass is 10.2. The summed E-state index contributed by atoms with van der Waals surface area (Å²) in [6.45, 7) is 1.09. The van der Waals surface area contributed by atoms with Gasteiger partial charge in [0.2, 0.25) is 0 Å². The predicted octanol–water partition coefficient (Wildman–Crippen LogP) is 2.46. The monoisotopic (exact) mass is 334 g/mol. The Balaban J connectivity index is 1.51. The summed E-state index contributed by atoms with van der Waals surface area (Å²) in [6, 6.07) is 12.9. The van der Waals surface area contributed by atoms with E-state index in [1.165, 1.54) is 0 Å². The molecule has 0 aliphatic heterocycles. The van der Waals surface area contributed by atoms with Gasteiger partial charge in [-0.05, 0) is 30.3 Å². The Hall–Kier alpha value is -3.48. The van der Waals surface area contributed by atoms with Crippen molar-refractivity contribution in [2.75, 3.05) is 23.7 Å². The summed E-state index contributed by atoms with van der Waals surface area (Å²) >= 11 is 0. The van der Waals surface area contributed by atoms with Crippen molar-refractivity contribution in [3.8, 4) is 0 Å². The second-order valence-corrected chi connectivity index (χ2v) is 5.19. The van der Waals surface area contributed by atoms with Crippen molar-refractivity contribution >= 4 is 23.2 Å². The summed E-state index contributed by atoms with van der Waals surface area (Å²) in [5, 5.41) is 9.13. The number of nitrogens with zero attached hydrogens (tertiary/aromatic N) is 3. The fraction of sp³-hybridized carbons (Fsp3) is 0.111. The topological polar surface area (TPSA) is 91.8 Å². The highest BCUT2D eigenvalue weighted by Crippen LogP contribution is 2.15. The van der Waals surface area contributed by atoms with E-state index in [0.29, 0.717) is 24.5 Å². The molecule has 0 bridgehead atoms. The number of hydrogen-bond donors (Lipinski definition) is 3. The number of nitrogens with one attached hydrogen (secondary N) is 3. The second-order valence-electron chi connectivity index (χ2n) is 5.19. The minimum Gasteiger partial charge on any atom is -0.368 e. The van der Waals surface area contributed by atoms with Gasteiger partial charge in [-0.15, -0.1) is 0 Å². The molecular weight excluding hydrogens is 316 g/mol. The van der Waals surface area contributed by atoms with Crippen molar-refractivity contribution in [3.63, 3.8) is 0 Å². The van der Waals surface area contributed by atoms with E-state index in [-0.39, 0.29) is 5.91 Å². The van der Waals surface area contributed by atoms with Crippen molar-refractivity contribution in [1.82, 2.24) is 20.3 Å².